The molecule has 5 unspecified atom stereocenters. The number of aliphatic carboxylic acids is 1. The molecular weight excluding hydrogens is 180 g/mol. The number of nitrogens with one attached hydrogen (secondary N) is 2. The zero-order chi connectivity index (χ0) is 9.71. The Kier molecular flexibility index (Phi) is 1.82. The van der Waals surface area contributed by atoms with Crippen LogP contribution in [0.1, 0.15) is 12.8 Å². The zero-order valence-electron chi connectivity index (χ0n) is 8.07. The average Bonchev–Trinajstić information content (AvgIpc) is 2.70. The molecule has 2 aliphatic carbocycles. The molecule has 3 rings (SSSR count). The monoisotopic (exact) mass is 196 g/mol. The number of hydrogen-bond acceptors (Lipinski definition) is 3. The van der Waals surface area contributed by atoms with Crippen LogP contribution in [0.15, 0.2) is 0 Å². The molecule has 3 N–H and O–H groups in total. The summed E-state index contributed by atoms with van der Waals surface area (Å²) >= 11 is 0. The van der Waals surface area contributed by atoms with Gasteiger partial charge < -0.3 is 15.7 Å². The summed E-state index contributed by atoms with van der Waals surface area (Å²) in [5, 5.41) is 15.3. The van der Waals surface area contributed by atoms with Gasteiger partial charge >= 0.3 is 5.97 Å². The van der Waals surface area contributed by atoms with E-state index in [1.807, 2.05) is 0 Å². The van der Waals surface area contributed by atoms with E-state index in [1.165, 1.54) is 12.8 Å². The van der Waals surface area contributed by atoms with Crippen molar-refractivity contribution in [1.82, 2.24) is 10.6 Å². The molecule has 4 heteroatoms. The number of fused-ring (bicyclic) bond motifs is 1. The van der Waals surface area contributed by atoms with Gasteiger partial charge in [-0.15, -0.1) is 0 Å². The van der Waals surface area contributed by atoms with Gasteiger partial charge in [-0.05, 0) is 37.1 Å². The molecule has 3 aliphatic rings. The first-order chi connectivity index (χ1) is 6.75. The summed E-state index contributed by atoms with van der Waals surface area (Å²) in [5.41, 5.74) is 0. The highest BCUT2D eigenvalue weighted by Crippen LogP contribution is 2.51. The summed E-state index contributed by atoms with van der Waals surface area (Å²) in [6.45, 7) is 1.26. The molecule has 0 spiro atoms. The molecule has 1 saturated heterocycles. The Labute approximate surface area is 83.1 Å². The lowest BCUT2D eigenvalue weighted by atomic mass is 9.86. The van der Waals surface area contributed by atoms with E-state index in [2.05, 4.69) is 10.6 Å². The third-order valence-corrected chi connectivity index (χ3v) is 4.25. The Balaban J connectivity index is 1.68. The molecule has 5 atom stereocenters. The van der Waals surface area contributed by atoms with Crippen LogP contribution in [0.3, 0.4) is 0 Å². The Morgan fingerprint density at radius 2 is 2.29 bits per heavy atom. The number of carbonyl (C=O) groups is 1. The van der Waals surface area contributed by atoms with E-state index in [0.717, 1.165) is 24.3 Å². The van der Waals surface area contributed by atoms with Gasteiger partial charge in [-0.3, -0.25) is 4.79 Å². The van der Waals surface area contributed by atoms with E-state index in [9.17, 15) is 4.79 Å². The number of hydrogen-bond donors (Lipinski definition) is 3. The summed E-state index contributed by atoms with van der Waals surface area (Å²) in [5.74, 6) is 1.69. The predicted molar refractivity (Wildman–Crippen MR) is 50.9 cm³/mol. The Morgan fingerprint density at radius 1 is 1.43 bits per heavy atom. The molecule has 0 aromatic heterocycles. The third kappa shape index (κ3) is 1.10. The smallest absolute Gasteiger partial charge is 0.317 e. The fourth-order valence-corrected chi connectivity index (χ4v) is 3.79. The number of rotatable bonds is 3. The lowest BCUT2D eigenvalue weighted by Crippen LogP contribution is -2.48. The van der Waals surface area contributed by atoms with Crippen LogP contribution in [-0.2, 0) is 4.79 Å². The summed E-state index contributed by atoms with van der Waals surface area (Å²) in [7, 11) is 0. The molecule has 2 saturated carbocycles. The van der Waals surface area contributed by atoms with Crippen LogP contribution in [-0.4, -0.2) is 36.2 Å². The molecule has 0 radical (unpaired) electrons. The topological polar surface area (TPSA) is 61.4 Å². The Hall–Kier alpha value is -0.610. The van der Waals surface area contributed by atoms with Crippen molar-refractivity contribution in [2.24, 2.45) is 17.8 Å². The second-order valence-corrected chi connectivity index (χ2v) is 4.89. The fraction of sp³-hybridized carbons (Fsp3) is 0.900. The second kappa shape index (κ2) is 2.94. The quantitative estimate of drug-likeness (QED) is 0.578. The predicted octanol–water partition coefficient (Wildman–Crippen LogP) is -0.343. The molecule has 1 aliphatic heterocycles. The van der Waals surface area contributed by atoms with Crippen LogP contribution in [0.4, 0.5) is 0 Å². The molecule has 14 heavy (non-hydrogen) atoms. The van der Waals surface area contributed by atoms with Gasteiger partial charge in [0.15, 0.2) is 0 Å². The Morgan fingerprint density at radius 3 is 3.07 bits per heavy atom. The van der Waals surface area contributed by atoms with E-state index >= 15 is 0 Å². The summed E-state index contributed by atoms with van der Waals surface area (Å²) in [4.78, 5) is 10.5. The maximum atomic E-state index is 10.5. The maximum absolute atomic E-state index is 10.5. The standard InChI is InChI=1S/C10H16N2O2/c13-8(14)4-12-9-5-1-6-3-11-10(9)7(6)2-5/h5-7,9-12H,1-4H2,(H,13,14). The van der Waals surface area contributed by atoms with E-state index < -0.39 is 5.97 Å². The molecule has 0 aromatic carbocycles. The van der Waals surface area contributed by atoms with Crippen molar-refractivity contribution >= 4 is 5.97 Å². The maximum Gasteiger partial charge on any atom is 0.317 e. The lowest BCUT2D eigenvalue weighted by Gasteiger charge is -2.28. The molecular formula is C10H16N2O2. The van der Waals surface area contributed by atoms with Crippen LogP contribution in [0.25, 0.3) is 0 Å². The largest absolute Gasteiger partial charge is 0.480 e. The third-order valence-electron chi connectivity index (χ3n) is 4.25. The summed E-state index contributed by atoms with van der Waals surface area (Å²) in [6.07, 6.45) is 2.60. The van der Waals surface area contributed by atoms with Crippen LogP contribution >= 0.6 is 0 Å². The minimum Gasteiger partial charge on any atom is -0.480 e. The second-order valence-electron chi connectivity index (χ2n) is 4.89. The van der Waals surface area contributed by atoms with E-state index in [1.54, 1.807) is 0 Å². The van der Waals surface area contributed by atoms with E-state index in [4.69, 9.17) is 5.11 Å². The van der Waals surface area contributed by atoms with Gasteiger partial charge in [0.1, 0.15) is 0 Å². The van der Waals surface area contributed by atoms with Gasteiger partial charge in [0.25, 0.3) is 0 Å². The van der Waals surface area contributed by atoms with Crippen molar-refractivity contribution in [2.45, 2.75) is 24.9 Å². The highest BCUT2D eigenvalue weighted by molar-refractivity contribution is 5.69. The minimum absolute atomic E-state index is 0.108. The molecule has 0 aromatic rings. The molecule has 3 fully saturated rings. The summed E-state index contributed by atoms with van der Waals surface area (Å²) < 4.78 is 0. The highest BCUT2D eigenvalue weighted by atomic mass is 16.4. The van der Waals surface area contributed by atoms with Gasteiger partial charge in [0, 0.05) is 12.1 Å². The van der Waals surface area contributed by atoms with Gasteiger partial charge in [-0.1, -0.05) is 0 Å². The fourth-order valence-electron chi connectivity index (χ4n) is 3.79. The first-order valence-corrected chi connectivity index (χ1v) is 5.44. The van der Waals surface area contributed by atoms with Crippen molar-refractivity contribution in [1.29, 1.82) is 0 Å². The van der Waals surface area contributed by atoms with Gasteiger partial charge in [-0.25, -0.2) is 0 Å². The highest BCUT2D eigenvalue weighted by Gasteiger charge is 2.55. The van der Waals surface area contributed by atoms with Gasteiger partial charge in [0.2, 0.25) is 0 Å². The molecule has 2 bridgehead atoms. The molecule has 0 amide bonds. The van der Waals surface area contributed by atoms with Crippen LogP contribution in [0.2, 0.25) is 0 Å². The molecule has 1 heterocycles. The van der Waals surface area contributed by atoms with E-state index in [0.29, 0.717) is 12.1 Å². The summed E-state index contributed by atoms with van der Waals surface area (Å²) in [6, 6.07) is 0.966. The minimum atomic E-state index is -0.748. The van der Waals surface area contributed by atoms with Crippen molar-refractivity contribution in [3.63, 3.8) is 0 Å². The SMILES string of the molecule is O=C(O)CNC1C2CC3CNC1C3C2. The van der Waals surface area contributed by atoms with Crippen LogP contribution in [0, 0.1) is 17.8 Å². The Bertz CT molecular complexity index is 267. The first kappa shape index (κ1) is 8.68. The van der Waals surface area contributed by atoms with Crippen molar-refractivity contribution in [3.05, 3.63) is 0 Å². The van der Waals surface area contributed by atoms with E-state index in [-0.39, 0.29) is 6.54 Å². The molecule has 4 nitrogen and oxygen atoms in total. The van der Waals surface area contributed by atoms with Crippen molar-refractivity contribution in [3.8, 4) is 0 Å². The zero-order valence-corrected chi connectivity index (χ0v) is 8.07. The molecule has 78 valence electrons. The lowest BCUT2D eigenvalue weighted by molar-refractivity contribution is -0.136. The van der Waals surface area contributed by atoms with Crippen LogP contribution < -0.4 is 10.6 Å². The van der Waals surface area contributed by atoms with Crippen molar-refractivity contribution < 1.29 is 9.90 Å². The van der Waals surface area contributed by atoms with Gasteiger partial charge in [-0.2, -0.15) is 0 Å². The number of carboxylic acids is 1. The normalized spacial score (nSPS) is 48.7. The number of carboxylic acid groups (broad SMARTS) is 1. The van der Waals surface area contributed by atoms with Crippen molar-refractivity contribution in [2.75, 3.05) is 13.1 Å². The van der Waals surface area contributed by atoms with Crippen LogP contribution in [0.5, 0.6) is 0 Å². The first-order valence-electron chi connectivity index (χ1n) is 5.44. The van der Waals surface area contributed by atoms with Gasteiger partial charge in [0.05, 0.1) is 6.54 Å². The average molecular weight is 196 g/mol.